The first-order valence-electron chi connectivity index (χ1n) is 10.2. The van der Waals surface area contributed by atoms with Gasteiger partial charge in [0.15, 0.2) is 17.3 Å². The van der Waals surface area contributed by atoms with Crippen molar-refractivity contribution in [2.75, 3.05) is 6.61 Å². The van der Waals surface area contributed by atoms with E-state index in [1.807, 2.05) is 0 Å². The molecule has 2 aromatic carbocycles. The predicted molar refractivity (Wildman–Crippen MR) is 109 cm³/mol. The molecule has 7 N–H and O–H groups in total. The van der Waals surface area contributed by atoms with Crippen molar-refractivity contribution in [1.29, 1.82) is 0 Å². The Morgan fingerprint density at radius 3 is 2.42 bits per heavy atom. The zero-order valence-electron chi connectivity index (χ0n) is 17.5. The maximum Gasteiger partial charge on any atom is 0.229 e. The molecular formula is C22H24O11. The third-order valence-corrected chi connectivity index (χ3v) is 5.85. The van der Waals surface area contributed by atoms with Gasteiger partial charge in [0.1, 0.15) is 53.3 Å². The number of aromatic hydroxyl groups is 3. The number of phenolic OH excluding ortho intramolecular Hbond substituents is 3. The molecule has 2 aromatic rings. The van der Waals surface area contributed by atoms with E-state index in [4.69, 9.17) is 14.2 Å². The summed E-state index contributed by atoms with van der Waals surface area (Å²) in [5.41, 5.74) is 0.497. The fourth-order valence-corrected chi connectivity index (χ4v) is 3.89. The van der Waals surface area contributed by atoms with Crippen LogP contribution in [0.3, 0.4) is 0 Å². The van der Waals surface area contributed by atoms with E-state index in [0.717, 1.165) is 0 Å². The molecule has 178 valence electrons. The maximum atomic E-state index is 12.8. The number of fused-ring (bicyclic) bond motifs is 1. The van der Waals surface area contributed by atoms with Gasteiger partial charge in [-0.15, -0.1) is 0 Å². The summed E-state index contributed by atoms with van der Waals surface area (Å²) in [7, 11) is 0. The molecule has 2 aliphatic heterocycles. The molecule has 0 saturated carbocycles. The third kappa shape index (κ3) is 4.05. The number of benzene rings is 2. The Balaban J connectivity index is 1.65. The summed E-state index contributed by atoms with van der Waals surface area (Å²) in [6, 6.07) is 5.32. The molecule has 0 radical (unpaired) electrons. The number of Topliss-reactive ketones (excluding diaryl/α,β-unsaturated/α-hetero) is 1. The molecule has 0 aliphatic carbocycles. The zero-order chi connectivity index (χ0) is 24.0. The van der Waals surface area contributed by atoms with E-state index >= 15 is 0 Å². The maximum absolute atomic E-state index is 12.8. The molecular weight excluding hydrogens is 440 g/mol. The van der Waals surface area contributed by atoms with Gasteiger partial charge in [-0.1, -0.05) is 6.07 Å². The van der Waals surface area contributed by atoms with E-state index in [-0.39, 0.29) is 40.5 Å². The molecule has 0 amide bonds. The topological polar surface area (TPSA) is 186 Å². The number of phenols is 3. The van der Waals surface area contributed by atoms with Crippen molar-refractivity contribution in [3.8, 4) is 28.7 Å². The standard InChI is InChI=1S/C22H24O11/c1-8-13(32-22-21(30)20(29)19(28)16(7-23)33-22)6-15-17(18(8)27)12(26)5-14(31-15)9-2-3-10(24)11(25)4-9/h2-4,6,14,16,19-25,27-30H,5,7H2,1H3/t14-,16-,19-,20+,21-,22-/m1/s1. The normalized spacial score (nSPS) is 29.3. The zero-order valence-corrected chi connectivity index (χ0v) is 17.5. The molecule has 33 heavy (non-hydrogen) atoms. The van der Waals surface area contributed by atoms with Crippen LogP contribution in [0.1, 0.15) is 34.0 Å². The summed E-state index contributed by atoms with van der Waals surface area (Å²) >= 11 is 0. The van der Waals surface area contributed by atoms with E-state index < -0.39 is 54.9 Å². The fraction of sp³-hybridized carbons (Fsp3) is 0.409. The van der Waals surface area contributed by atoms with Crippen LogP contribution in [0.5, 0.6) is 28.7 Å². The number of aliphatic hydroxyl groups is 4. The number of carbonyl (C=O) groups is 1. The summed E-state index contributed by atoms with van der Waals surface area (Å²) in [6.07, 6.45) is -8.53. The average molecular weight is 464 g/mol. The molecule has 0 bridgehead atoms. The van der Waals surface area contributed by atoms with Gasteiger partial charge in [0.2, 0.25) is 6.29 Å². The van der Waals surface area contributed by atoms with E-state index in [2.05, 4.69) is 0 Å². The second kappa shape index (κ2) is 8.69. The van der Waals surface area contributed by atoms with Gasteiger partial charge in [-0.2, -0.15) is 0 Å². The van der Waals surface area contributed by atoms with Gasteiger partial charge in [-0.05, 0) is 24.6 Å². The molecule has 11 heteroatoms. The van der Waals surface area contributed by atoms with Crippen LogP contribution in [0.15, 0.2) is 24.3 Å². The van der Waals surface area contributed by atoms with Gasteiger partial charge < -0.3 is 50.0 Å². The lowest BCUT2D eigenvalue weighted by atomic mass is 9.93. The van der Waals surface area contributed by atoms with Crippen molar-refractivity contribution < 1.29 is 54.8 Å². The van der Waals surface area contributed by atoms with E-state index in [9.17, 15) is 40.5 Å². The summed E-state index contributed by atoms with van der Waals surface area (Å²) in [6.45, 7) is 0.824. The van der Waals surface area contributed by atoms with Gasteiger partial charge in [-0.25, -0.2) is 0 Å². The summed E-state index contributed by atoms with van der Waals surface area (Å²) in [5.74, 6) is -1.58. The van der Waals surface area contributed by atoms with Crippen LogP contribution in [-0.4, -0.2) is 78.8 Å². The molecule has 0 aromatic heterocycles. The number of rotatable bonds is 4. The SMILES string of the molecule is Cc1c(O[C@@H]2O[C@H](CO)[C@@H](O)[C@H](O)[C@H]2O)cc2c(c1O)C(=O)C[C@H](c1ccc(O)c(O)c1)O2. The van der Waals surface area contributed by atoms with Crippen molar-refractivity contribution >= 4 is 5.78 Å². The van der Waals surface area contributed by atoms with Crippen LogP contribution < -0.4 is 9.47 Å². The van der Waals surface area contributed by atoms with Gasteiger partial charge in [0.05, 0.1) is 13.0 Å². The van der Waals surface area contributed by atoms with E-state index in [1.165, 1.54) is 31.2 Å². The number of hydrogen-bond donors (Lipinski definition) is 7. The lowest BCUT2D eigenvalue weighted by Crippen LogP contribution is -2.60. The smallest absolute Gasteiger partial charge is 0.229 e. The number of ketones is 1. The molecule has 1 fully saturated rings. The number of aliphatic hydroxyl groups excluding tert-OH is 4. The predicted octanol–water partition coefficient (Wildman–Crippen LogP) is -0.00298. The molecule has 2 heterocycles. The summed E-state index contributed by atoms with van der Waals surface area (Å²) < 4.78 is 16.8. The Hall–Kier alpha value is -3.09. The molecule has 2 aliphatic rings. The lowest BCUT2D eigenvalue weighted by molar-refractivity contribution is -0.277. The van der Waals surface area contributed by atoms with Crippen LogP contribution in [0.2, 0.25) is 0 Å². The second-order valence-corrected chi connectivity index (χ2v) is 8.02. The molecule has 0 spiro atoms. The third-order valence-electron chi connectivity index (χ3n) is 5.85. The van der Waals surface area contributed by atoms with Gasteiger partial charge in [-0.3, -0.25) is 4.79 Å². The van der Waals surface area contributed by atoms with Gasteiger partial charge >= 0.3 is 0 Å². The highest BCUT2D eigenvalue weighted by molar-refractivity contribution is 6.03. The molecule has 0 unspecified atom stereocenters. The highest BCUT2D eigenvalue weighted by Crippen LogP contribution is 2.45. The highest BCUT2D eigenvalue weighted by Gasteiger charge is 2.45. The Kier molecular flexibility index (Phi) is 6.08. The van der Waals surface area contributed by atoms with Crippen LogP contribution in [0.25, 0.3) is 0 Å². The van der Waals surface area contributed by atoms with Gasteiger partial charge in [0, 0.05) is 11.6 Å². The fourth-order valence-electron chi connectivity index (χ4n) is 3.89. The molecule has 6 atom stereocenters. The quantitative estimate of drug-likeness (QED) is 0.302. The van der Waals surface area contributed by atoms with Gasteiger partial charge in [0.25, 0.3) is 0 Å². The van der Waals surface area contributed by atoms with Crippen LogP contribution >= 0.6 is 0 Å². The summed E-state index contributed by atoms with van der Waals surface area (Å²) in [5, 5.41) is 69.4. The van der Waals surface area contributed by atoms with Crippen molar-refractivity contribution in [3.63, 3.8) is 0 Å². The lowest BCUT2D eigenvalue weighted by Gasteiger charge is -2.39. The first kappa shape index (κ1) is 23.1. The van der Waals surface area contributed by atoms with E-state index in [1.54, 1.807) is 0 Å². The number of carbonyl (C=O) groups excluding carboxylic acids is 1. The summed E-state index contributed by atoms with van der Waals surface area (Å²) in [4.78, 5) is 12.8. The molecule has 1 saturated heterocycles. The van der Waals surface area contributed by atoms with Crippen LogP contribution in [-0.2, 0) is 4.74 Å². The minimum atomic E-state index is -1.67. The monoisotopic (exact) mass is 464 g/mol. The van der Waals surface area contributed by atoms with Crippen molar-refractivity contribution in [3.05, 3.63) is 41.0 Å². The Labute approximate surface area is 187 Å². The van der Waals surface area contributed by atoms with Crippen LogP contribution in [0, 0.1) is 6.92 Å². The number of hydrogen-bond acceptors (Lipinski definition) is 11. The Morgan fingerprint density at radius 1 is 1.03 bits per heavy atom. The minimum Gasteiger partial charge on any atom is -0.507 e. The number of ether oxygens (including phenoxy) is 3. The minimum absolute atomic E-state index is 0.0218. The Bertz CT molecular complexity index is 1070. The van der Waals surface area contributed by atoms with Crippen molar-refractivity contribution in [2.45, 2.75) is 50.2 Å². The average Bonchev–Trinajstić information content (AvgIpc) is 2.78. The molecule has 11 nitrogen and oxygen atoms in total. The highest BCUT2D eigenvalue weighted by atomic mass is 16.7. The molecule has 4 rings (SSSR count). The first-order chi connectivity index (χ1) is 15.6. The van der Waals surface area contributed by atoms with Crippen molar-refractivity contribution in [1.82, 2.24) is 0 Å². The van der Waals surface area contributed by atoms with E-state index in [0.29, 0.717) is 5.56 Å². The Morgan fingerprint density at radius 2 is 1.76 bits per heavy atom. The largest absolute Gasteiger partial charge is 0.507 e. The first-order valence-corrected chi connectivity index (χ1v) is 10.2. The second-order valence-electron chi connectivity index (χ2n) is 8.02. The van der Waals surface area contributed by atoms with Crippen molar-refractivity contribution in [2.24, 2.45) is 0 Å². The van der Waals surface area contributed by atoms with Crippen LogP contribution in [0.4, 0.5) is 0 Å².